The van der Waals surface area contributed by atoms with Gasteiger partial charge in [0.25, 0.3) is 0 Å². The van der Waals surface area contributed by atoms with Gasteiger partial charge in [0.2, 0.25) is 10.0 Å². The highest BCUT2D eigenvalue weighted by Gasteiger charge is 2.14. The number of sulfonamides is 1. The molecule has 0 unspecified atom stereocenters. The second kappa shape index (κ2) is 7.07. The minimum Gasteiger partial charge on any atom is -0.214 e. The SMILES string of the molecule is C[C@@H](CNS(=O)(=O)Cc1cccc(Cl)c1)c1ccccc1. The molecule has 0 amide bonds. The van der Waals surface area contributed by atoms with Crippen molar-refractivity contribution in [3.8, 4) is 0 Å². The molecule has 21 heavy (non-hydrogen) atoms. The van der Waals surface area contributed by atoms with Gasteiger partial charge in [-0.1, -0.05) is 61.0 Å². The lowest BCUT2D eigenvalue weighted by Crippen LogP contribution is -2.28. The van der Waals surface area contributed by atoms with Crippen LogP contribution >= 0.6 is 11.6 Å². The van der Waals surface area contributed by atoms with Crippen molar-refractivity contribution in [3.63, 3.8) is 0 Å². The van der Waals surface area contributed by atoms with Gasteiger partial charge >= 0.3 is 0 Å². The Morgan fingerprint density at radius 2 is 1.81 bits per heavy atom. The van der Waals surface area contributed by atoms with Crippen LogP contribution in [-0.4, -0.2) is 15.0 Å². The lowest BCUT2D eigenvalue weighted by atomic mass is 10.0. The molecule has 0 aliphatic rings. The molecule has 0 aromatic heterocycles. The van der Waals surface area contributed by atoms with Crippen LogP contribution in [0.2, 0.25) is 5.02 Å². The van der Waals surface area contributed by atoms with Crippen LogP contribution in [0.25, 0.3) is 0 Å². The molecule has 3 nitrogen and oxygen atoms in total. The maximum Gasteiger partial charge on any atom is 0.215 e. The van der Waals surface area contributed by atoms with E-state index in [0.717, 1.165) is 5.56 Å². The Hall–Kier alpha value is -1.36. The molecule has 1 atom stereocenters. The van der Waals surface area contributed by atoms with Crippen molar-refractivity contribution in [2.24, 2.45) is 0 Å². The van der Waals surface area contributed by atoms with Crippen LogP contribution in [0.5, 0.6) is 0 Å². The summed E-state index contributed by atoms with van der Waals surface area (Å²) < 4.78 is 26.8. The van der Waals surface area contributed by atoms with Crippen molar-refractivity contribution in [2.75, 3.05) is 6.54 Å². The smallest absolute Gasteiger partial charge is 0.214 e. The molecule has 0 heterocycles. The number of hydrogen-bond acceptors (Lipinski definition) is 2. The van der Waals surface area contributed by atoms with Gasteiger partial charge < -0.3 is 0 Å². The highest BCUT2D eigenvalue weighted by molar-refractivity contribution is 7.88. The highest BCUT2D eigenvalue weighted by Crippen LogP contribution is 2.15. The maximum absolute atomic E-state index is 12.1. The molecule has 0 spiro atoms. The van der Waals surface area contributed by atoms with Crippen LogP contribution in [-0.2, 0) is 15.8 Å². The van der Waals surface area contributed by atoms with Gasteiger partial charge in [0.05, 0.1) is 5.75 Å². The maximum atomic E-state index is 12.1. The fraction of sp³-hybridized carbons (Fsp3) is 0.250. The molecule has 0 aliphatic carbocycles. The van der Waals surface area contributed by atoms with Gasteiger partial charge in [0.1, 0.15) is 0 Å². The molecule has 0 saturated carbocycles. The third kappa shape index (κ3) is 5.16. The molecule has 0 radical (unpaired) electrons. The van der Waals surface area contributed by atoms with E-state index >= 15 is 0 Å². The molecule has 0 saturated heterocycles. The average molecular weight is 324 g/mol. The van der Waals surface area contributed by atoms with Crippen LogP contribution in [0.15, 0.2) is 54.6 Å². The second-order valence-electron chi connectivity index (χ2n) is 5.05. The van der Waals surface area contributed by atoms with Crippen LogP contribution in [0, 0.1) is 0 Å². The Balaban J connectivity index is 1.95. The molecule has 2 rings (SSSR count). The van der Waals surface area contributed by atoms with E-state index in [1.54, 1.807) is 24.3 Å². The molecule has 1 N–H and O–H groups in total. The number of nitrogens with one attached hydrogen (secondary N) is 1. The summed E-state index contributed by atoms with van der Waals surface area (Å²) in [4.78, 5) is 0. The minimum absolute atomic E-state index is 0.0604. The summed E-state index contributed by atoms with van der Waals surface area (Å²) in [6, 6.07) is 16.7. The Morgan fingerprint density at radius 1 is 1.10 bits per heavy atom. The fourth-order valence-corrected chi connectivity index (χ4v) is 3.49. The van der Waals surface area contributed by atoms with Crippen molar-refractivity contribution in [1.82, 2.24) is 4.72 Å². The Labute approximate surface area is 131 Å². The van der Waals surface area contributed by atoms with E-state index < -0.39 is 10.0 Å². The van der Waals surface area contributed by atoms with Gasteiger partial charge in [0.15, 0.2) is 0 Å². The van der Waals surface area contributed by atoms with Gasteiger partial charge in [-0.25, -0.2) is 13.1 Å². The van der Waals surface area contributed by atoms with Crippen molar-refractivity contribution in [3.05, 3.63) is 70.7 Å². The molecule has 112 valence electrons. The van der Waals surface area contributed by atoms with Crippen molar-refractivity contribution in [1.29, 1.82) is 0 Å². The summed E-state index contributed by atoms with van der Waals surface area (Å²) in [5, 5.41) is 0.542. The molecule has 0 fully saturated rings. The summed E-state index contributed by atoms with van der Waals surface area (Å²) in [7, 11) is -3.36. The Morgan fingerprint density at radius 3 is 2.48 bits per heavy atom. The van der Waals surface area contributed by atoms with E-state index in [1.165, 1.54) is 0 Å². The second-order valence-corrected chi connectivity index (χ2v) is 7.29. The highest BCUT2D eigenvalue weighted by atomic mass is 35.5. The third-order valence-corrected chi connectivity index (χ3v) is 4.78. The van der Waals surface area contributed by atoms with E-state index in [2.05, 4.69) is 4.72 Å². The first-order chi connectivity index (χ1) is 9.96. The van der Waals surface area contributed by atoms with E-state index in [-0.39, 0.29) is 11.7 Å². The van der Waals surface area contributed by atoms with Gasteiger partial charge in [-0.2, -0.15) is 0 Å². The summed E-state index contributed by atoms with van der Waals surface area (Å²) in [5.74, 6) is 0.0649. The molecule has 2 aromatic carbocycles. The van der Waals surface area contributed by atoms with Gasteiger partial charge in [-0.3, -0.25) is 0 Å². The zero-order chi connectivity index (χ0) is 15.3. The topological polar surface area (TPSA) is 46.2 Å². The van der Waals surface area contributed by atoms with E-state index in [9.17, 15) is 8.42 Å². The normalized spacial score (nSPS) is 13.0. The standard InChI is InChI=1S/C16H18ClNO2S/c1-13(15-7-3-2-4-8-15)11-18-21(19,20)12-14-6-5-9-16(17)10-14/h2-10,13,18H,11-12H2,1H3/t13-/m0/s1. The largest absolute Gasteiger partial charge is 0.215 e. The van der Waals surface area contributed by atoms with Crippen molar-refractivity contribution in [2.45, 2.75) is 18.6 Å². The van der Waals surface area contributed by atoms with Crippen LogP contribution < -0.4 is 4.72 Å². The van der Waals surface area contributed by atoms with Crippen LogP contribution in [0.4, 0.5) is 0 Å². The first-order valence-electron chi connectivity index (χ1n) is 6.73. The van der Waals surface area contributed by atoms with Gasteiger partial charge in [-0.15, -0.1) is 0 Å². The first-order valence-corrected chi connectivity index (χ1v) is 8.76. The predicted molar refractivity (Wildman–Crippen MR) is 86.9 cm³/mol. The number of halogens is 1. The summed E-state index contributed by atoms with van der Waals surface area (Å²) in [6.07, 6.45) is 0. The summed E-state index contributed by atoms with van der Waals surface area (Å²) >= 11 is 5.87. The minimum atomic E-state index is -3.36. The van der Waals surface area contributed by atoms with Crippen molar-refractivity contribution < 1.29 is 8.42 Å². The van der Waals surface area contributed by atoms with Crippen LogP contribution in [0.3, 0.4) is 0 Å². The summed E-state index contributed by atoms with van der Waals surface area (Å²) in [5.41, 5.74) is 1.80. The predicted octanol–water partition coefficient (Wildman–Crippen LogP) is 3.56. The molecular weight excluding hydrogens is 306 g/mol. The number of benzene rings is 2. The molecule has 0 aliphatic heterocycles. The molecule has 5 heteroatoms. The van der Waals surface area contributed by atoms with E-state index in [1.807, 2.05) is 37.3 Å². The zero-order valence-corrected chi connectivity index (χ0v) is 13.4. The van der Waals surface area contributed by atoms with Gasteiger partial charge in [0, 0.05) is 11.6 Å². The Kier molecular flexibility index (Phi) is 5.39. The van der Waals surface area contributed by atoms with Gasteiger partial charge in [-0.05, 0) is 29.2 Å². The lowest BCUT2D eigenvalue weighted by Gasteiger charge is -2.13. The average Bonchev–Trinajstić information content (AvgIpc) is 2.45. The lowest BCUT2D eigenvalue weighted by molar-refractivity contribution is 0.574. The number of hydrogen-bond donors (Lipinski definition) is 1. The molecule has 0 bridgehead atoms. The quantitative estimate of drug-likeness (QED) is 0.883. The molecular formula is C16H18ClNO2S. The van der Waals surface area contributed by atoms with Crippen LogP contribution in [0.1, 0.15) is 24.0 Å². The number of rotatable bonds is 6. The Bertz CT molecular complexity index is 686. The molecule has 2 aromatic rings. The van der Waals surface area contributed by atoms with Crippen molar-refractivity contribution >= 4 is 21.6 Å². The third-order valence-electron chi connectivity index (χ3n) is 3.22. The van der Waals surface area contributed by atoms with E-state index in [0.29, 0.717) is 17.1 Å². The first kappa shape index (κ1) is 16.0. The summed E-state index contributed by atoms with van der Waals surface area (Å²) in [6.45, 7) is 2.38. The van der Waals surface area contributed by atoms with E-state index in [4.69, 9.17) is 11.6 Å². The fourth-order valence-electron chi connectivity index (χ4n) is 2.05. The monoisotopic (exact) mass is 323 g/mol. The zero-order valence-electron chi connectivity index (χ0n) is 11.8.